The molecule has 6 nitrogen and oxygen atoms in total. The van der Waals surface area contributed by atoms with Crippen LogP contribution in [0, 0.1) is 5.41 Å². The lowest BCUT2D eigenvalue weighted by Crippen LogP contribution is -2.54. The highest BCUT2D eigenvalue weighted by Gasteiger charge is 2.42. The van der Waals surface area contributed by atoms with E-state index in [1.165, 1.54) is 11.1 Å². The third-order valence-corrected chi connectivity index (χ3v) is 6.49. The summed E-state index contributed by atoms with van der Waals surface area (Å²) >= 11 is 0. The van der Waals surface area contributed by atoms with Gasteiger partial charge in [-0.2, -0.15) is 5.10 Å². The van der Waals surface area contributed by atoms with Crippen LogP contribution >= 0.6 is 0 Å². The van der Waals surface area contributed by atoms with Gasteiger partial charge in [0.05, 0.1) is 11.6 Å². The average Bonchev–Trinajstić information content (AvgIpc) is 3.27. The SMILES string of the molecule is CCn1cc(CN2CCC[C@@](Cc3ccccc3-c3cccnc3)(C(=O)NC(C)C)C2)cn1. The molecule has 2 aromatic heterocycles. The number of likely N-dealkylation sites (tertiary alicyclic amines) is 1. The zero-order valence-corrected chi connectivity index (χ0v) is 20.0. The van der Waals surface area contributed by atoms with E-state index in [4.69, 9.17) is 0 Å². The van der Waals surface area contributed by atoms with Crippen molar-refractivity contribution in [2.24, 2.45) is 5.41 Å². The van der Waals surface area contributed by atoms with Gasteiger partial charge in [0.15, 0.2) is 0 Å². The molecule has 1 fully saturated rings. The van der Waals surface area contributed by atoms with Gasteiger partial charge in [-0.05, 0) is 63.8 Å². The highest BCUT2D eigenvalue weighted by Crippen LogP contribution is 2.37. The van der Waals surface area contributed by atoms with Gasteiger partial charge in [0.2, 0.25) is 5.91 Å². The second kappa shape index (κ2) is 10.3. The van der Waals surface area contributed by atoms with Crippen LogP contribution in [0.3, 0.4) is 0 Å². The van der Waals surface area contributed by atoms with Crippen LogP contribution in [0.25, 0.3) is 11.1 Å². The second-order valence-electron chi connectivity index (χ2n) is 9.50. The van der Waals surface area contributed by atoms with E-state index in [0.29, 0.717) is 6.42 Å². The van der Waals surface area contributed by atoms with E-state index in [1.807, 2.05) is 37.0 Å². The predicted molar refractivity (Wildman–Crippen MR) is 132 cm³/mol. The van der Waals surface area contributed by atoms with Crippen molar-refractivity contribution in [1.82, 2.24) is 25.0 Å². The number of rotatable bonds is 8. The molecule has 1 N–H and O–H groups in total. The molecule has 3 aromatic rings. The topological polar surface area (TPSA) is 63.1 Å². The van der Waals surface area contributed by atoms with E-state index in [-0.39, 0.29) is 11.9 Å². The number of aryl methyl sites for hydroxylation is 1. The summed E-state index contributed by atoms with van der Waals surface area (Å²) in [6, 6.07) is 12.6. The Morgan fingerprint density at radius 1 is 1.18 bits per heavy atom. The molecule has 6 heteroatoms. The minimum absolute atomic E-state index is 0.112. The molecule has 0 radical (unpaired) electrons. The highest BCUT2D eigenvalue weighted by molar-refractivity contribution is 5.84. The standard InChI is InChI=1S/C27H35N5O/c1-4-32-19-22(16-29-32)18-31-14-8-12-27(20-31,26(33)30-21(2)3)15-23-9-5-6-11-25(23)24-10-7-13-28-17-24/h5-7,9-11,13,16-17,19,21H,4,8,12,14-15,18,20H2,1-3H3,(H,30,33)/t27-/m0/s1. The van der Waals surface area contributed by atoms with Crippen molar-refractivity contribution in [2.75, 3.05) is 13.1 Å². The summed E-state index contributed by atoms with van der Waals surface area (Å²) in [6.45, 7) is 9.60. The van der Waals surface area contributed by atoms with Gasteiger partial charge in [0, 0.05) is 55.4 Å². The van der Waals surface area contributed by atoms with Crippen molar-refractivity contribution >= 4 is 5.91 Å². The van der Waals surface area contributed by atoms with E-state index < -0.39 is 5.41 Å². The van der Waals surface area contributed by atoms with Crippen LogP contribution < -0.4 is 5.32 Å². The number of carbonyl (C=O) groups is 1. The van der Waals surface area contributed by atoms with E-state index in [1.54, 1.807) is 6.20 Å². The number of amides is 1. The number of carbonyl (C=O) groups excluding carboxylic acids is 1. The molecule has 0 aliphatic carbocycles. The van der Waals surface area contributed by atoms with Crippen LogP contribution in [0.2, 0.25) is 0 Å². The normalized spacial score (nSPS) is 19.0. The Bertz CT molecular complexity index is 1060. The monoisotopic (exact) mass is 445 g/mol. The van der Waals surface area contributed by atoms with Crippen LogP contribution in [0.5, 0.6) is 0 Å². The summed E-state index contributed by atoms with van der Waals surface area (Å²) in [7, 11) is 0. The Hall–Kier alpha value is -2.99. The molecule has 0 spiro atoms. The lowest BCUT2D eigenvalue weighted by Gasteiger charge is -2.42. The number of hydrogen-bond acceptors (Lipinski definition) is 4. The first-order valence-electron chi connectivity index (χ1n) is 12.0. The first kappa shape index (κ1) is 23.2. The Labute approximate surface area is 197 Å². The largest absolute Gasteiger partial charge is 0.353 e. The number of benzene rings is 1. The van der Waals surface area contributed by atoms with Gasteiger partial charge < -0.3 is 5.32 Å². The molecular weight excluding hydrogens is 410 g/mol. The molecular formula is C27H35N5O. The van der Waals surface area contributed by atoms with Crippen molar-refractivity contribution in [3.05, 3.63) is 72.3 Å². The summed E-state index contributed by atoms with van der Waals surface area (Å²) in [4.78, 5) is 20.4. The third-order valence-electron chi connectivity index (χ3n) is 6.49. The van der Waals surface area contributed by atoms with Crippen molar-refractivity contribution in [3.63, 3.8) is 0 Å². The summed E-state index contributed by atoms with van der Waals surface area (Å²) in [5.41, 5.74) is 4.18. The van der Waals surface area contributed by atoms with Crippen molar-refractivity contribution < 1.29 is 4.79 Å². The quantitative estimate of drug-likeness (QED) is 0.561. The Kier molecular flexibility index (Phi) is 7.23. The zero-order chi connectivity index (χ0) is 23.3. The summed E-state index contributed by atoms with van der Waals surface area (Å²) in [5, 5.41) is 7.66. The molecule has 174 valence electrons. The molecule has 3 heterocycles. The molecule has 33 heavy (non-hydrogen) atoms. The number of aromatic nitrogens is 3. The molecule has 4 rings (SSSR count). The average molecular weight is 446 g/mol. The number of nitrogens with one attached hydrogen (secondary N) is 1. The van der Waals surface area contributed by atoms with Crippen LogP contribution in [0.15, 0.2) is 61.2 Å². The highest BCUT2D eigenvalue weighted by atomic mass is 16.2. The van der Waals surface area contributed by atoms with Gasteiger partial charge in [-0.25, -0.2) is 0 Å². The van der Waals surface area contributed by atoms with Gasteiger partial charge in [-0.3, -0.25) is 19.4 Å². The molecule has 0 saturated carbocycles. The van der Waals surface area contributed by atoms with Gasteiger partial charge in [0.25, 0.3) is 0 Å². The van der Waals surface area contributed by atoms with Gasteiger partial charge >= 0.3 is 0 Å². The zero-order valence-electron chi connectivity index (χ0n) is 20.0. The molecule has 0 unspecified atom stereocenters. The van der Waals surface area contributed by atoms with Crippen molar-refractivity contribution in [2.45, 2.75) is 59.2 Å². The van der Waals surface area contributed by atoms with Crippen molar-refractivity contribution in [1.29, 1.82) is 0 Å². The maximum Gasteiger partial charge on any atom is 0.228 e. The van der Waals surface area contributed by atoms with Crippen LogP contribution in [-0.4, -0.2) is 44.7 Å². The minimum Gasteiger partial charge on any atom is -0.353 e. The third kappa shape index (κ3) is 5.50. The second-order valence-corrected chi connectivity index (χ2v) is 9.50. The maximum atomic E-state index is 13.7. The number of nitrogens with zero attached hydrogens (tertiary/aromatic N) is 4. The first-order valence-corrected chi connectivity index (χ1v) is 12.0. The number of hydrogen-bond donors (Lipinski definition) is 1. The summed E-state index contributed by atoms with van der Waals surface area (Å²) < 4.78 is 1.96. The van der Waals surface area contributed by atoms with E-state index in [0.717, 1.165) is 50.1 Å². The summed E-state index contributed by atoms with van der Waals surface area (Å²) in [5.74, 6) is 0.160. The maximum absolute atomic E-state index is 13.7. The molecule has 0 bridgehead atoms. The fourth-order valence-corrected chi connectivity index (χ4v) is 4.95. The minimum atomic E-state index is -0.471. The van der Waals surface area contributed by atoms with E-state index in [2.05, 4.69) is 63.8 Å². The van der Waals surface area contributed by atoms with E-state index in [9.17, 15) is 4.79 Å². The molecule has 1 aromatic carbocycles. The van der Waals surface area contributed by atoms with Crippen molar-refractivity contribution in [3.8, 4) is 11.1 Å². The fourth-order valence-electron chi connectivity index (χ4n) is 4.95. The Balaban J connectivity index is 1.63. The van der Waals surface area contributed by atoms with E-state index >= 15 is 0 Å². The van der Waals surface area contributed by atoms with Gasteiger partial charge in [-0.15, -0.1) is 0 Å². The van der Waals surface area contributed by atoms with Crippen LogP contribution in [-0.2, 0) is 24.3 Å². The molecule has 1 saturated heterocycles. The van der Waals surface area contributed by atoms with Gasteiger partial charge in [-0.1, -0.05) is 30.3 Å². The molecule has 1 atom stereocenters. The predicted octanol–water partition coefficient (Wildman–Crippen LogP) is 4.31. The smallest absolute Gasteiger partial charge is 0.228 e. The lowest BCUT2D eigenvalue weighted by atomic mass is 9.73. The van der Waals surface area contributed by atoms with Crippen LogP contribution in [0.1, 0.15) is 44.7 Å². The molecule has 1 aliphatic heterocycles. The number of pyridine rings is 1. The first-order chi connectivity index (χ1) is 16.0. The van der Waals surface area contributed by atoms with Crippen LogP contribution in [0.4, 0.5) is 0 Å². The lowest BCUT2D eigenvalue weighted by molar-refractivity contribution is -0.135. The summed E-state index contributed by atoms with van der Waals surface area (Å²) in [6.07, 6.45) is 10.4. The Morgan fingerprint density at radius 2 is 2.03 bits per heavy atom. The van der Waals surface area contributed by atoms with Gasteiger partial charge in [0.1, 0.15) is 0 Å². The number of piperidine rings is 1. The fraction of sp³-hybridized carbons (Fsp3) is 0.444. The molecule has 1 aliphatic rings. The molecule has 1 amide bonds. The Morgan fingerprint density at radius 3 is 2.76 bits per heavy atom.